The van der Waals surface area contributed by atoms with E-state index in [1.807, 2.05) is 6.92 Å². The van der Waals surface area contributed by atoms with Crippen LogP contribution < -0.4 is 10.5 Å². The van der Waals surface area contributed by atoms with Crippen LogP contribution in [0.4, 0.5) is 22.0 Å². The van der Waals surface area contributed by atoms with Crippen LogP contribution in [0.1, 0.15) is 49.5 Å². The number of hydrogen-bond donors (Lipinski definition) is 1. The van der Waals surface area contributed by atoms with Crippen molar-refractivity contribution in [2.75, 3.05) is 13.2 Å². The van der Waals surface area contributed by atoms with Gasteiger partial charge in [0.15, 0.2) is 34.8 Å². The van der Waals surface area contributed by atoms with Crippen molar-refractivity contribution >= 4 is 0 Å². The molecule has 1 heterocycles. The van der Waals surface area contributed by atoms with E-state index in [1.165, 1.54) is 12.1 Å². The molecule has 3 aromatic rings. The molecule has 8 heteroatoms. The third-order valence-corrected chi connectivity index (χ3v) is 6.32. The summed E-state index contributed by atoms with van der Waals surface area (Å²) in [6.07, 6.45) is 1.77. The number of halogens is 5. The summed E-state index contributed by atoms with van der Waals surface area (Å²) in [4.78, 5) is 0. The highest BCUT2D eigenvalue weighted by molar-refractivity contribution is 5.64. The molecule has 1 aliphatic heterocycles. The standard InChI is InChI=1S/C27H26F5NO2/c1-2-24(33)19-11-22(30)27(23(31)12-19)35-14-15-3-8-25(34-13-15)17-6-4-16(5-7-17)18-9-20(28)26(32)21(29)10-18/h4-7,9-12,15,24-25H,2-3,8,13-14,33H2,1H3. The van der Waals surface area contributed by atoms with Crippen molar-refractivity contribution in [3.63, 3.8) is 0 Å². The molecular weight excluding hydrogens is 465 g/mol. The first-order valence-electron chi connectivity index (χ1n) is 11.5. The average Bonchev–Trinajstić information content (AvgIpc) is 2.86. The van der Waals surface area contributed by atoms with Gasteiger partial charge in [0.2, 0.25) is 0 Å². The van der Waals surface area contributed by atoms with Gasteiger partial charge in [0.1, 0.15) is 0 Å². The van der Waals surface area contributed by atoms with E-state index in [2.05, 4.69) is 0 Å². The van der Waals surface area contributed by atoms with Gasteiger partial charge >= 0.3 is 0 Å². The number of rotatable bonds is 7. The summed E-state index contributed by atoms with van der Waals surface area (Å²) in [6, 6.07) is 10.9. The summed E-state index contributed by atoms with van der Waals surface area (Å²) in [5, 5.41) is 0. The largest absolute Gasteiger partial charge is 0.487 e. The van der Waals surface area contributed by atoms with Crippen LogP contribution >= 0.6 is 0 Å². The maximum atomic E-state index is 14.4. The molecule has 0 aliphatic carbocycles. The molecule has 3 unspecified atom stereocenters. The summed E-state index contributed by atoms with van der Waals surface area (Å²) in [5.41, 5.74) is 7.91. The second kappa shape index (κ2) is 10.7. The van der Waals surface area contributed by atoms with Crippen molar-refractivity contribution in [1.82, 2.24) is 0 Å². The Morgan fingerprint density at radius 1 is 0.886 bits per heavy atom. The fraction of sp³-hybridized carbons (Fsp3) is 0.333. The minimum Gasteiger partial charge on any atom is -0.487 e. The van der Waals surface area contributed by atoms with Crippen molar-refractivity contribution in [3.8, 4) is 16.9 Å². The van der Waals surface area contributed by atoms with Gasteiger partial charge in [-0.15, -0.1) is 0 Å². The lowest BCUT2D eigenvalue weighted by atomic mass is 9.94. The van der Waals surface area contributed by atoms with E-state index in [9.17, 15) is 22.0 Å². The van der Waals surface area contributed by atoms with Gasteiger partial charge < -0.3 is 15.2 Å². The fourth-order valence-corrected chi connectivity index (χ4v) is 4.18. The van der Waals surface area contributed by atoms with Crippen LogP contribution in [0.5, 0.6) is 5.75 Å². The summed E-state index contributed by atoms with van der Waals surface area (Å²) in [5.74, 6) is -5.99. The summed E-state index contributed by atoms with van der Waals surface area (Å²) >= 11 is 0. The van der Waals surface area contributed by atoms with Crippen LogP contribution in [0, 0.1) is 35.0 Å². The van der Waals surface area contributed by atoms with Gasteiger partial charge in [0.25, 0.3) is 0 Å². The van der Waals surface area contributed by atoms with E-state index in [0.29, 0.717) is 30.6 Å². The Hall–Kier alpha value is -2.97. The normalized spacial score (nSPS) is 18.9. The molecule has 0 saturated carbocycles. The molecule has 1 aliphatic rings. The molecule has 0 bridgehead atoms. The van der Waals surface area contributed by atoms with Crippen LogP contribution in [0.15, 0.2) is 48.5 Å². The molecule has 3 atom stereocenters. The van der Waals surface area contributed by atoms with Gasteiger partial charge in [-0.25, -0.2) is 22.0 Å². The number of ether oxygens (including phenoxy) is 2. The lowest BCUT2D eigenvalue weighted by molar-refractivity contribution is -0.0291. The number of nitrogens with two attached hydrogens (primary N) is 1. The van der Waals surface area contributed by atoms with Gasteiger partial charge in [-0.3, -0.25) is 0 Å². The minimum atomic E-state index is -1.50. The second-order valence-corrected chi connectivity index (χ2v) is 8.78. The van der Waals surface area contributed by atoms with Gasteiger partial charge in [-0.2, -0.15) is 0 Å². The van der Waals surface area contributed by atoms with E-state index in [0.717, 1.165) is 24.1 Å². The molecule has 35 heavy (non-hydrogen) atoms. The SMILES string of the molecule is CCC(N)c1cc(F)c(OCC2CCC(c3ccc(-c4cc(F)c(F)c(F)c4)cc3)OC2)c(F)c1. The Kier molecular flexibility index (Phi) is 7.72. The third kappa shape index (κ3) is 5.65. The van der Waals surface area contributed by atoms with E-state index >= 15 is 0 Å². The number of benzene rings is 3. The predicted molar refractivity (Wildman–Crippen MR) is 122 cm³/mol. The highest BCUT2D eigenvalue weighted by atomic mass is 19.2. The molecule has 0 amide bonds. The highest BCUT2D eigenvalue weighted by Crippen LogP contribution is 2.33. The maximum Gasteiger partial charge on any atom is 0.194 e. The molecule has 4 rings (SSSR count). The summed E-state index contributed by atoms with van der Waals surface area (Å²) in [6.45, 7) is 2.30. The van der Waals surface area contributed by atoms with Crippen LogP contribution in [0.2, 0.25) is 0 Å². The van der Waals surface area contributed by atoms with Crippen molar-refractivity contribution in [2.45, 2.75) is 38.3 Å². The van der Waals surface area contributed by atoms with Crippen LogP contribution in [-0.2, 0) is 4.74 Å². The molecule has 186 valence electrons. The molecule has 0 radical (unpaired) electrons. The molecule has 3 aromatic carbocycles. The molecule has 0 aromatic heterocycles. The zero-order valence-corrected chi connectivity index (χ0v) is 19.2. The highest BCUT2D eigenvalue weighted by Gasteiger charge is 2.25. The van der Waals surface area contributed by atoms with Crippen molar-refractivity contribution in [3.05, 3.63) is 88.7 Å². The zero-order valence-electron chi connectivity index (χ0n) is 19.2. The second-order valence-electron chi connectivity index (χ2n) is 8.78. The van der Waals surface area contributed by atoms with Crippen molar-refractivity contribution in [2.24, 2.45) is 11.7 Å². The van der Waals surface area contributed by atoms with Gasteiger partial charge in [-0.1, -0.05) is 31.2 Å². The molecule has 3 nitrogen and oxygen atoms in total. The first-order chi connectivity index (χ1) is 16.8. The smallest absolute Gasteiger partial charge is 0.194 e. The first kappa shape index (κ1) is 25.1. The molecule has 1 fully saturated rings. The molecule has 1 saturated heterocycles. The van der Waals surface area contributed by atoms with E-state index in [-0.39, 0.29) is 24.2 Å². The Labute approximate surface area is 200 Å². The minimum absolute atomic E-state index is 0.0351. The predicted octanol–water partition coefficient (Wildman–Crippen LogP) is 7.01. The van der Waals surface area contributed by atoms with Crippen LogP contribution in [-0.4, -0.2) is 13.2 Å². The van der Waals surface area contributed by atoms with E-state index in [1.54, 1.807) is 24.3 Å². The topological polar surface area (TPSA) is 44.5 Å². The van der Waals surface area contributed by atoms with Gasteiger partial charge in [0, 0.05) is 12.0 Å². The summed E-state index contributed by atoms with van der Waals surface area (Å²) < 4.78 is 80.3. The summed E-state index contributed by atoms with van der Waals surface area (Å²) in [7, 11) is 0. The number of hydrogen-bond acceptors (Lipinski definition) is 3. The fourth-order valence-electron chi connectivity index (χ4n) is 4.18. The molecule has 2 N–H and O–H groups in total. The lowest BCUT2D eigenvalue weighted by Crippen LogP contribution is -2.26. The van der Waals surface area contributed by atoms with Crippen LogP contribution in [0.25, 0.3) is 11.1 Å². The van der Waals surface area contributed by atoms with Crippen molar-refractivity contribution in [1.29, 1.82) is 0 Å². The molecule has 0 spiro atoms. The lowest BCUT2D eigenvalue weighted by Gasteiger charge is -2.29. The Balaban J connectivity index is 1.33. The Bertz CT molecular complexity index is 1130. The van der Waals surface area contributed by atoms with Crippen molar-refractivity contribution < 1.29 is 31.4 Å². The Morgan fingerprint density at radius 3 is 2.06 bits per heavy atom. The van der Waals surface area contributed by atoms with E-state index in [4.69, 9.17) is 15.2 Å². The van der Waals surface area contributed by atoms with E-state index < -0.39 is 40.9 Å². The Morgan fingerprint density at radius 2 is 1.51 bits per heavy atom. The maximum absolute atomic E-state index is 14.4. The zero-order chi connectivity index (χ0) is 25.1. The monoisotopic (exact) mass is 491 g/mol. The third-order valence-electron chi connectivity index (χ3n) is 6.32. The first-order valence-corrected chi connectivity index (χ1v) is 11.5. The molecular formula is C27H26F5NO2. The van der Waals surface area contributed by atoms with Gasteiger partial charge in [-0.05, 0) is 65.8 Å². The average molecular weight is 492 g/mol. The van der Waals surface area contributed by atoms with Crippen LogP contribution in [0.3, 0.4) is 0 Å². The van der Waals surface area contributed by atoms with Gasteiger partial charge in [0.05, 0.1) is 19.3 Å². The quantitative estimate of drug-likeness (QED) is 0.286.